The zero-order valence-electron chi connectivity index (χ0n) is 15.9. The number of halogens is 4. The van der Waals surface area contributed by atoms with Crippen LogP contribution >= 0.6 is 0 Å². The molecule has 1 saturated carbocycles. The number of rotatable bonds is 4. The van der Waals surface area contributed by atoms with E-state index in [1.54, 1.807) is 30.8 Å². The van der Waals surface area contributed by atoms with E-state index in [1.807, 2.05) is 0 Å². The van der Waals surface area contributed by atoms with E-state index < -0.39 is 23.1 Å². The number of aromatic nitrogens is 3. The summed E-state index contributed by atoms with van der Waals surface area (Å²) in [5, 5.41) is 4.84. The monoisotopic (exact) mass is 408 g/mol. The molecule has 0 spiro atoms. The first-order chi connectivity index (χ1) is 13.6. The van der Waals surface area contributed by atoms with Crippen LogP contribution in [0.3, 0.4) is 0 Å². The third kappa shape index (κ3) is 3.04. The largest absolute Gasteiger partial charge is 0.419 e. The van der Waals surface area contributed by atoms with Gasteiger partial charge < -0.3 is 10.3 Å². The Morgan fingerprint density at radius 3 is 2.48 bits per heavy atom. The second-order valence-corrected chi connectivity index (χ2v) is 7.51. The lowest BCUT2D eigenvalue weighted by Crippen LogP contribution is -2.39. The second-order valence-electron chi connectivity index (χ2n) is 7.51. The predicted molar refractivity (Wildman–Crippen MR) is 99.9 cm³/mol. The van der Waals surface area contributed by atoms with Crippen molar-refractivity contribution in [3.63, 3.8) is 0 Å². The van der Waals surface area contributed by atoms with Crippen molar-refractivity contribution in [2.45, 2.75) is 43.9 Å². The standard InChI is InChI=1S/C20H20F4N4O/c1-3-19(25,11-4-7-14(15(21)10-11)20(22,23)24)17-13-8-9-28(12-5-6-12)18(29)16(13)26-27(17)2/h4,7-10,12H,3,5-6,25H2,1-2H3/t19-/m0/s1. The number of aryl methyl sites for hydroxylation is 1. The molecule has 0 amide bonds. The van der Waals surface area contributed by atoms with Gasteiger partial charge in [0.25, 0.3) is 5.56 Å². The Labute approximate surface area is 163 Å². The van der Waals surface area contributed by atoms with Gasteiger partial charge >= 0.3 is 6.18 Å². The Morgan fingerprint density at radius 1 is 1.24 bits per heavy atom. The zero-order chi connectivity index (χ0) is 21.1. The van der Waals surface area contributed by atoms with Gasteiger partial charge in [0.2, 0.25) is 0 Å². The van der Waals surface area contributed by atoms with Crippen molar-refractivity contribution in [3.05, 3.63) is 63.5 Å². The Bertz CT molecular complexity index is 1160. The smallest absolute Gasteiger partial charge is 0.316 e. The van der Waals surface area contributed by atoms with Crippen LogP contribution in [-0.2, 0) is 18.8 Å². The van der Waals surface area contributed by atoms with Gasteiger partial charge in [0.15, 0.2) is 5.52 Å². The first-order valence-electron chi connectivity index (χ1n) is 9.32. The van der Waals surface area contributed by atoms with Crippen LogP contribution in [0.15, 0.2) is 35.3 Å². The fourth-order valence-corrected chi connectivity index (χ4v) is 3.90. The highest BCUT2D eigenvalue weighted by Crippen LogP contribution is 2.38. The van der Waals surface area contributed by atoms with Crippen LogP contribution in [-0.4, -0.2) is 14.3 Å². The molecule has 2 heterocycles. The number of nitrogens with two attached hydrogens (primary N) is 1. The summed E-state index contributed by atoms with van der Waals surface area (Å²) >= 11 is 0. The average molecular weight is 408 g/mol. The zero-order valence-corrected chi connectivity index (χ0v) is 15.9. The van der Waals surface area contributed by atoms with Gasteiger partial charge in [-0.05, 0) is 43.0 Å². The summed E-state index contributed by atoms with van der Waals surface area (Å²) in [6, 6.07) is 4.61. The summed E-state index contributed by atoms with van der Waals surface area (Å²) in [6.07, 6.45) is -0.967. The maximum Gasteiger partial charge on any atom is 0.419 e. The van der Waals surface area contributed by atoms with Crippen LogP contribution in [0.2, 0.25) is 0 Å². The molecule has 1 atom stereocenters. The molecule has 1 fully saturated rings. The molecule has 0 unspecified atom stereocenters. The van der Waals surface area contributed by atoms with E-state index in [0.717, 1.165) is 18.9 Å². The fourth-order valence-electron chi connectivity index (χ4n) is 3.90. The molecule has 1 aromatic carbocycles. The minimum absolute atomic E-state index is 0.176. The summed E-state index contributed by atoms with van der Waals surface area (Å²) in [5.41, 5.74) is 4.60. The molecule has 0 saturated heterocycles. The first kappa shape index (κ1) is 19.6. The number of pyridine rings is 1. The molecule has 2 N–H and O–H groups in total. The van der Waals surface area contributed by atoms with E-state index in [9.17, 15) is 22.4 Å². The van der Waals surface area contributed by atoms with Crippen molar-refractivity contribution in [2.75, 3.05) is 0 Å². The van der Waals surface area contributed by atoms with Crippen LogP contribution in [0.25, 0.3) is 10.9 Å². The molecular formula is C20H20F4N4O. The molecular weight excluding hydrogens is 388 g/mol. The minimum atomic E-state index is -4.79. The van der Waals surface area contributed by atoms with Gasteiger partial charge in [-0.15, -0.1) is 0 Å². The Hall–Kier alpha value is -2.68. The number of nitrogens with zero attached hydrogens (tertiary/aromatic N) is 3. The summed E-state index contributed by atoms with van der Waals surface area (Å²) in [7, 11) is 1.62. The number of benzene rings is 1. The predicted octanol–water partition coefficient (Wildman–Crippen LogP) is 3.84. The van der Waals surface area contributed by atoms with E-state index in [4.69, 9.17) is 5.73 Å². The summed E-state index contributed by atoms with van der Waals surface area (Å²) in [4.78, 5) is 12.8. The van der Waals surface area contributed by atoms with Crippen LogP contribution in [0, 0.1) is 5.82 Å². The lowest BCUT2D eigenvalue weighted by Gasteiger charge is -2.30. The molecule has 2 aromatic heterocycles. The summed E-state index contributed by atoms with van der Waals surface area (Å²) < 4.78 is 56.1. The van der Waals surface area contributed by atoms with Crippen LogP contribution in [0.4, 0.5) is 17.6 Å². The summed E-state index contributed by atoms with van der Waals surface area (Å²) in [6.45, 7) is 1.75. The average Bonchev–Trinajstić information content (AvgIpc) is 3.42. The number of fused-ring (bicyclic) bond motifs is 1. The lowest BCUT2D eigenvalue weighted by atomic mass is 9.83. The number of hydrogen-bond acceptors (Lipinski definition) is 3. The highest BCUT2D eigenvalue weighted by molar-refractivity contribution is 5.82. The van der Waals surface area contributed by atoms with E-state index in [1.165, 1.54) is 10.7 Å². The number of hydrogen-bond donors (Lipinski definition) is 1. The minimum Gasteiger partial charge on any atom is -0.316 e. The fraction of sp³-hybridized carbons (Fsp3) is 0.400. The van der Waals surface area contributed by atoms with Gasteiger partial charge in [0, 0.05) is 24.7 Å². The molecule has 0 bridgehead atoms. The van der Waals surface area contributed by atoms with Crippen LogP contribution < -0.4 is 11.3 Å². The quantitative estimate of drug-likeness (QED) is 0.667. The molecule has 1 aliphatic rings. The molecule has 0 aliphatic heterocycles. The van der Waals surface area contributed by atoms with E-state index in [2.05, 4.69) is 5.10 Å². The SMILES string of the molecule is CC[C@](N)(c1ccc(C(F)(F)F)c(F)c1)c1c2ccn(C3CC3)c(=O)c2nn1C. The second kappa shape index (κ2) is 6.41. The van der Waals surface area contributed by atoms with Crippen molar-refractivity contribution >= 4 is 10.9 Å². The summed E-state index contributed by atoms with van der Waals surface area (Å²) in [5.74, 6) is -1.39. The Balaban J connectivity index is 1.90. The Morgan fingerprint density at radius 2 is 1.93 bits per heavy atom. The number of alkyl halides is 3. The van der Waals surface area contributed by atoms with Crippen molar-refractivity contribution in [1.82, 2.24) is 14.3 Å². The van der Waals surface area contributed by atoms with Gasteiger partial charge in [0.05, 0.1) is 16.8 Å². The molecule has 0 radical (unpaired) electrons. The van der Waals surface area contributed by atoms with Crippen molar-refractivity contribution < 1.29 is 17.6 Å². The molecule has 5 nitrogen and oxygen atoms in total. The van der Waals surface area contributed by atoms with Gasteiger partial charge in [-0.2, -0.15) is 18.3 Å². The van der Waals surface area contributed by atoms with Crippen LogP contribution in [0.1, 0.15) is 49.0 Å². The van der Waals surface area contributed by atoms with E-state index in [-0.39, 0.29) is 29.1 Å². The maximum atomic E-state index is 14.2. The third-order valence-electron chi connectivity index (χ3n) is 5.63. The molecule has 3 aromatic rings. The van der Waals surface area contributed by atoms with E-state index in [0.29, 0.717) is 17.1 Å². The molecule has 29 heavy (non-hydrogen) atoms. The van der Waals surface area contributed by atoms with E-state index >= 15 is 0 Å². The highest BCUT2D eigenvalue weighted by Gasteiger charge is 2.38. The molecule has 9 heteroatoms. The van der Waals surface area contributed by atoms with Gasteiger partial charge in [-0.25, -0.2) is 4.39 Å². The maximum absolute atomic E-state index is 14.2. The van der Waals surface area contributed by atoms with Gasteiger partial charge in [-0.3, -0.25) is 9.48 Å². The first-order valence-corrected chi connectivity index (χ1v) is 9.32. The van der Waals surface area contributed by atoms with Crippen molar-refractivity contribution in [2.24, 2.45) is 12.8 Å². The van der Waals surface area contributed by atoms with Crippen molar-refractivity contribution in [1.29, 1.82) is 0 Å². The van der Waals surface area contributed by atoms with Crippen molar-refractivity contribution in [3.8, 4) is 0 Å². The van der Waals surface area contributed by atoms with Gasteiger partial charge in [0.1, 0.15) is 5.82 Å². The Kier molecular flexibility index (Phi) is 4.34. The normalized spacial score (nSPS) is 16.9. The van der Waals surface area contributed by atoms with Crippen LogP contribution in [0.5, 0.6) is 0 Å². The highest BCUT2D eigenvalue weighted by atomic mass is 19.4. The molecule has 1 aliphatic carbocycles. The topological polar surface area (TPSA) is 65.8 Å². The third-order valence-corrected chi connectivity index (χ3v) is 5.63. The molecule has 4 rings (SSSR count). The molecule has 154 valence electrons. The van der Waals surface area contributed by atoms with Gasteiger partial charge in [-0.1, -0.05) is 13.0 Å². The lowest BCUT2D eigenvalue weighted by molar-refractivity contribution is -0.140.